The number of methoxy groups -OCH3 is 2. The molecule has 5 rings (SSSR count). The molecule has 0 unspecified atom stereocenters. The monoisotopic (exact) mass is 530 g/mol. The molecule has 38 heavy (non-hydrogen) atoms. The Morgan fingerprint density at radius 2 is 1.68 bits per heavy atom. The Morgan fingerprint density at radius 1 is 1.00 bits per heavy atom. The van der Waals surface area contributed by atoms with Crippen LogP contribution in [0.5, 0.6) is 17.2 Å². The van der Waals surface area contributed by atoms with Crippen molar-refractivity contribution in [2.45, 2.75) is 69.1 Å². The average Bonchev–Trinajstić information content (AvgIpc) is 2.84. The number of phenols is 2. The first-order valence-corrected chi connectivity index (χ1v) is 12.2. The molecule has 7 atom stereocenters. The molecule has 1 aliphatic heterocycles. The summed E-state index contributed by atoms with van der Waals surface area (Å²) in [6, 6.07) is 4.01. The van der Waals surface area contributed by atoms with E-state index in [2.05, 4.69) is 0 Å². The molecule has 0 amide bonds. The van der Waals surface area contributed by atoms with Gasteiger partial charge < -0.3 is 44.5 Å². The van der Waals surface area contributed by atoms with Gasteiger partial charge in [0.1, 0.15) is 35.6 Å². The minimum absolute atomic E-state index is 0.0170. The third-order valence-electron chi connectivity index (χ3n) is 7.57. The molecule has 0 spiro atoms. The normalized spacial score (nSPS) is 32.4. The third-order valence-corrected chi connectivity index (χ3v) is 7.57. The molecule has 1 heterocycles. The van der Waals surface area contributed by atoms with E-state index in [4.69, 9.17) is 18.9 Å². The van der Waals surface area contributed by atoms with Crippen LogP contribution in [0.1, 0.15) is 69.3 Å². The molecule has 0 bridgehead atoms. The molecule has 0 aromatic heterocycles. The molecule has 0 saturated carbocycles. The number of ether oxygens (including phenoxy) is 4. The Labute approximate surface area is 218 Å². The smallest absolute Gasteiger partial charge is 0.201 e. The zero-order valence-electron chi connectivity index (χ0n) is 21.3. The number of ketones is 2. The lowest BCUT2D eigenvalue weighted by Gasteiger charge is -2.44. The van der Waals surface area contributed by atoms with Crippen LogP contribution < -0.4 is 4.74 Å². The van der Waals surface area contributed by atoms with Gasteiger partial charge in [-0.05, 0) is 31.5 Å². The quantitative estimate of drug-likeness (QED) is 0.327. The molecule has 5 N–H and O–H groups in total. The molecule has 0 radical (unpaired) electrons. The van der Waals surface area contributed by atoms with Crippen LogP contribution in [0, 0.1) is 0 Å². The van der Waals surface area contributed by atoms with Gasteiger partial charge in [-0.1, -0.05) is 0 Å². The first-order chi connectivity index (χ1) is 17.9. The van der Waals surface area contributed by atoms with Gasteiger partial charge in [-0.3, -0.25) is 9.59 Å². The summed E-state index contributed by atoms with van der Waals surface area (Å²) in [4.78, 5) is 27.0. The van der Waals surface area contributed by atoms with Gasteiger partial charge in [0.05, 0.1) is 36.0 Å². The topological polar surface area (TPSA) is 172 Å². The number of aliphatic hydroxyl groups is 3. The van der Waals surface area contributed by atoms with E-state index in [1.54, 1.807) is 13.8 Å². The molecular weight excluding hydrogens is 500 g/mol. The van der Waals surface area contributed by atoms with Crippen molar-refractivity contribution in [3.8, 4) is 17.2 Å². The van der Waals surface area contributed by atoms with Gasteiger partial charge in [0, 0.05) is 42.7 Å². The van der Waals surface area contributed by atoms with E-state index in [-0.39, 0.29) is 46.4 Å². The third kappa shape index (κ3) is 4.06. The number of benzene rings is 2. The number of aromatic hydroxyl groups is 2. The van der Waals surface area contributed by atoms with Crippen LogP contribution in [0.25, 0.3) is 0 Å². The van der Waals surface area contributed by atoms with Crippen molar-refractivity contribution in [3.05, 3.63) is 51.6 Å². The van der Waals surface area contributed by atoms with Gasteiger partial charge in [0.2, 0.25) is 5.78 Å². The SMILES string of the molecule is COc1cc(O)c2c(c1)C(=O)c1cc3c(c(O)c1C2=O)[C@H](O[C@@H]1O[C@H](C)[C@H](O)[C@H](O)[C@@H]1OC)C[C@](C)(O)C3. The highest BCUT2D eigenvalue weighted by Gasteiger charge is 2.48. The largest absolute Gasteiger partial charge is 0.507 e. The fraction of sp³-hybridized carbons (Fsp3) is 0.481. The van der Waals surface area contributed by atoms with Crippen LogP contribution in [0.4, 0.5) is 0 Å². The molecule has 2 aromatic carbocycles. The maximum Gasteiger partial charge on any atom is 0.201 e. The zero-order chi connectivity index (χ0) is 27.7. The van der Waals surface area contributed by atoms with Crippen LogP contribution in [0.15, 0.2) is 18.2 Å². The second-order valence-electron chi connectivity index (χ2n) is 10.3. The highest BCUT2D eigenvalue weighted by molar-refractivity contribution is 6.30. The van der Waals surface area contributed by atoms with E-state index in [0.29, 0.717) is 5.56 Å². The Bertz CT molecular complexity index is 1320. The first-order valence-electron chi connectivity index (χ1n) is 12.2. The maximum absolute atomic E-state index is 13.5. The summed E-state index contributed by atoms with van der Waals surface area (Å²) in [5.74, 6) is -2.12. The number of fused-ring (bicyclic) bond motifs is 3. The lowest BCUT2D eigenvalue weighted by atomic mass is 9.74. The minimum atomic E-state index is -1.33. The predicted octanol–water partition coefficient (Wildman–Crippen LogP) is 1.12. The summed E-state index contributed by atoms with van der Waals surface area (Å²) in [5.41, 5.74) is -1.42. The highest BCUT2D eigenvalue weighted by atomic mass is 16.7. The molecule has 11 nitrogen and oxygen atoms in total. The van der Waals surface area contributed by atoms with Crippen LogP contribution in [0.2, 0.25) is 0 Å². The summed E-state index contributed by atoms with van der Waals surface area (Å²) in [5, 5.41) is 53.7. The van der Waals surface area contributed by atoms with Gasteiger partial charge in [-0.15, -0.1) is 0 Å². The van der Waals surface area contributed by atoms with Gasteiger partial charge in [-0.25, -0.2) is 0 Å². The molecular formula is C27H30O11. The van der Waals surface area contributed by atoms with Crippen molar-refractivity contribution in [3.63, 3.8) is 0 Å². The maximum atomic E-state index is 13.5. The zero-order valence-corrected chi connectivity index (χ0v) is 21.3. The number of phenolic OH excluding ortho intramolecular Hbond substituents is 2. The summed E-state index contributed by atoms with van der Waals surface area (Å²) in [6.45, 7) is 3.13. The van der Waals surface area contributed by atoms with E-state index in [1.165, 1.54) is 32.4 Å². The summed E-state index contributed by atoms with van der Waals surface area (Å²) in [6.07, 6.45) is -6.64. The molecule has 2 aliphatic carbocycles. The van der Waals surface area contributed by atoms with Crippen molar-refractivity contribution in [1.82, 2.24) is 0 Å². The summed E-state index contributed by atoms with van der Waals surface area (Å²) in [7, 11) is 2.68. The number of hydrogen-bond acceptors (Lipinski definition) is 11. The highest BCUT2D eigenvalue weighted by Crippen LogP contribution is 2.48. The average molecular weight is 531 g/mol. The molecule has 3 aliphatic rings. The van der Waals surface area contributed by atoms with Crippen molar-refractivity contribution in [1.29, 1.82) is 0 Å². The summed E-state index contributed by atoms with van der Waals surface area (Å²) < 4.78 is 22.3. The lowest BCUT2D eigenvalue weighted by Crippen LogP contribution is -2.58. The fourth-order valence-electron chi connectivity index (χ4n) is 5.68. The van der Waals surface area contributed by atoms with Crippen LogP contribution in [0.3, 0.4) is 0 Å². The van der Waals surface area contributed by atoms with E-state index in [0.717, 1.165) is 0 Å². The lowest BCUT2D eigenvalue weighted by molar-refractivity contribution is -0.313. The Balaban J connectivity index is 1.62. The van der Waals surface area contributed by atoms with E-state index in [1.807, 2.05) is 0 Å². The van der Waals surface area contributed by atoms with Crippen molar-refractivity contribution in [2.75, 3.05) is 14.2 Å². The van der Waals surface area contributed by atoms with E-state index < -0.39 is 65.5 Å². The Morgan fingerprint density at radius 3 is 2.34 bits per heavy atom. The summed E-state index contributed by atoms with van der Waals surface area (Å²) >= 11 is 0. The number of aliphatic hydroxyl groups excluding tert-OH is 2. The van der Waals surface area contributed by atoms with E-state index >= 15 is 0 Å². The van der Waals surface area contributed by atoms with Gasteiger partial charge in [-0.2, -0.15) is 0 Å². The van der Waals surface area contributed by atoms with Crippen LogP contribution in [-0.2, 0) is 20.6 Å². The van der Waals surface area contributed by atoms with Crippen molar-refractivity contribution in [2.24, 2.45) is 0 Å². The number of rotatable bonds is 4. The molecule has 1 fully saturated rings. The standard InChI is InChI=1S/C27H30O11/c1-10-20(29)24(33)25(36-4)26(37-10)38-16-9-27(2,34)8-11-5-13-19(22(31)17(11)16)23(32)18-14(21(13)30)6-12(35-3)7-15(18)28/h5-7,10,16,20,24-26,28-29,31,33-34H,8-9H2,1-4H3/t10-,16-,20+,24+,25+,26+,27-/m1/s1. The van der Waals surface area contributed by atoms with Crippen LogP contribution >= 0.6 is 0 Å². The fourth-order valence-corrected chi connectivity index (χ4v) is 5.68. The van der Waals surface area contributed by atoms with Crippen molar-refractivity contribution >= 4 is 11.6 Å². The Kier molecular flexibility index (Phi) is 6.49. The second kappa shape index (κ2) is 9.30. The van der Waals surface area contributed by atoms with Gasteiger partial charge >= 0.3 is 0 Å². The van der Waals surface area contributed by atoms with Crippen molar-refractivity contribution < 1.29 is 54.1 Å². The van der Waals surface area contributed by atoms with Gasteiger partial charge in [0.25, 0.3) is 0 Å². The number of carbonyl (C=O) groups excluding carboxylic acids is 2. The molecule has 1 saturated heterocycles. The number of carbonyl (C=O) groups is 2. The predicted molar refractivity (Wildman–Crippen MR) is 130 cm³/mol. The molecule has 204 valence electrons. The molecule has 11 heteroatoms. The first kappa shape index (κ1) is 26.5. The number of hydrogen-bond donors (Lipinski definition) is 5. The van der Waals surface area contributed by atoms with E-state index in [9.17, 15) is 35.1 Å². The second-order valence-corrected chi connectivity index (χ2v) is 10.3. The van der Waals surface area contributed by atoms with Crippen LogP contribution in [-0.4, -0.2) is 87.6 Å². The molecule has 2 aromatic rings. The Hall–Kier alpha value is -3.06. The minimum Gasteiger partial charge on any atom is -0.507 e. The van der Waals surface area contributed by atoms with Gasteiger partial charge in [0.15, 0.2) is 12.1 Å².